The average molecular weight is 225 g/mol. The Morgan fingerprint density at radius 1 is 1.50 bits per heavy atom. The summed E-state index contributed by atoms with van der Waals surface area (Å²) in [5.74, 6) is -0.0128. The molecule has 0 spiro atoms. The highest BCUT2D eigenvalue weighted by Crippen LogP contribution is 2.27. The van der Waals surface area contributed by atoms with Crippen LogP contribution in [-0.4, -0.2) is 23.7 Å². The first-order chi connectivity index (χ1) is 7.65. The molecule has 1 aliphatic rings. The Labute approximate surface area is 97.9 Å². The van der Waals surface area contributed by atoms with E-state index in [0.717, 1.165) is 5.92 Å². The average Bonchev–Trinajstić information content (AvgIpc) is 2.76. The summed E-state index contributed by atoms with van der Waals surface area (Å²) in [4.78, 5) is 10.8. The first-order valence-electron chi connectivity index (χ1n) is 6.30. The lowest BCUT2D eigenvalue weighted by molar-refractivity contribution is -0.132. The van der Waals surface area contributed by atoms with Crippen LogP contribution < -0.4 is 5.32 Å². The molecule has 2 N–H and O–H groups in total. The molecule has 0 bridgehead atoms. The van der Waals surface area contributed by atoms with Crippen molar-refractivity contribution in [1.29, 1.82) is 0 Å². The van der Waals surface area contributed by atoms with Gasteiger partial charge in [-0.1, -0.05) is 25.8 Å². The second kappa shape index (κ2) is 6.69. The molecule has 16 heavy (non-hydrogen) atoms. The van der Waals surface area contributed by atoms with E-state index in [1.165, 1.54) is 25.7 Å². The van der Waals surface area contributed by atoms with E-state index in [0.29, 0.717) is 24.6 Å². The van der Waals surface area contributed by atoms with Crippen LogP contribution in [0.3, 0.4) is 0 Å². The number of carbonyl (C=O) groups is 1. The van der Waals surface area contributed by atoms with Gasteiger partial charge in [0.1, 0.15) is 0 Å². The van der Waals surface area contributed by atoms with Crippen molar-refractivity contribution in [1.82, 2.24) is 5.32 Å². The molecule has 1 unspecified atom stereocenters. The van der Waals surface area contributed by atoms with Crippen molar-refractivity contribution in [3.63, 3.8) is 0 Å². The zero-order valence-electron chi connectivity index (χ0n) is 10.3. The van der Waals surface area contributed by atoms with Crippen LogP contribution in [0, 0.1) is 5.92 Å². The lowest BCUT2D eigenvalue weighted by Crippen LogP contribution is -2.32. The van der Waals surface area contributed by atoms with Gasteiger partial charge in [0.2, 0.25) is 0 Å². The van der Waals surface area contributed by atoms with Crippen LogP contribution >= 0.6 is 0 Å². The van der Waals surface area contributed by atoms with Crippen molar-refractivity contribution in [2.45, 2.75) is 52.0 Å². The topological polar surface area (TPSA) is 49.3 Å². The van der Waals surface area contributed by atoms with Gasteiger partial charge < -0.3 is 10.4 Å². The van der Waals surface area contributed by atoms with Crippen molar-refractivity contribution in [3.8, 4) is 0 Å². The van der Waals surface area contributed by atoms with E-state index in [2.05, 4.69) is 12.2 Å². The minimum atomic E-state index is -0.794. The van der Waals surface area contributed by atoms with Crippen LogP contribution in [0.5, 0.6) is 0 Å². The number of hydrogen-bond acceptors (Lipinski definition) is 2. The van der Waals surface area contributed by atoms with Gasteiger partial charge in [0.15, 0.2) is 0 Å². The second-order valence-corrected chi connectivity index (χ2v) is 4.63. The van der Waals surface area contributed by atoms with E-state index in [1.807, 2.05) is 6.92 Å². The summed E-state index contributed by atoms with van der Waals surface area (Å²) in [6.45, 7) is 4.75. The Hall–Kier alpha value is -0.830. The number of rotatable bonds is 6. The molecule has 0 radical (unpaired) electrons. The summed E-state index contributed by atoms with van der Waals surface area (Å²) in [6.07, 6.45) is 7.72. The molecule has 0 amide bonds. The first-order valence-corrected chi connectivity index (χ1v) is 6.30. The molecule has 0 aliphatic heterocycles. The summed E-state index contributed by atoms with van der Waals surface area (Å²) in [5.41, 5.74) is 0.506. The van der Waals surface area contributed by atoms with Crippen LogP contribution in [-0.2, 0) is 4.79 Å². The van der Waals surface area contributed by atoms with Crippen LogP contribution in [0.15, 0.2) is 11.6 Å². The normalized spacial score (nSPS) is 20.0. The van der Waals surface area contributed by atoms with Crippen molar-refractivity contribution in [2.24, 2.45) is 5.92 Å². The summed E-state index contributed by atoms with van der Waals surface area (Å²) >= 11 is 0. The van der Waals surface area contributed by atoms with E-state index < -0.39 is 5.97 Å². The second-order valence-electron chi connectivity index (χ2n) is 4.63. The standard InChI is InChI=1S/C13H23NO2/c1-3-11(13(15)16)8-9-14-10(2)12-6-4-5-7-12/h8,10,12,14H,3-7,9H2,1-2H3,(H,15,16). The largest absolute Gasteiger partial charge is 0.478 e. The van der Waals surface area contributed by atoms with Gasteiger partial charge in [-0.05, 0) is 32.1 Å². The summed E-state index contributed by atoms with van der Waals surface area (Å²) in [6, 6.07) is 0.505. The van der Waals surface area contributed by atoms with E-state index >= 15 is 0 Å². The lowest BCUT2D eigenvalue weighted by Gasteiger charge is -2.19. The first kappa shape index (κ1) is 13.2. The molecule has 0 saturated heterocycles. The van der Waals surface area contributed by atoms with E-state index in [4.69, 9.17) is 5.11 Å². The zero-order valence-corrected chi connectivity index (χ0v) is 10.3. The molecule has 0 aromatic carbocycles. The monoisotopic (exact) mass is 225 g/mol. The Bertz CT molecular complexity index is 255. The third-order valence-electron chi connectivity index (χ3n) is 3.55. The minimum absolute atomic E-state index is 0.505. The quantitative estimate of drug-likeness (QED) is 0.683. The maximum atomic E-state index is 10.8. The Morgan fingerprint density at radius 2 is 2.12 bits per heavy atom. The molecule has 0 aromatic heterocycles. The molecule has 3 nitrogen and oxygen atoms in total. The fourth-order valence-corrected chi connectivity index (χ4v) is 2.37. The summed E-state index contributed by atoms with van der Waals surface area (Å²) < 4.78 is 0. The molecular formula is C13H23NO2. The number of hydrogen-bond donors (Lipinski definition) is 2. The number of carboxylic acid groups (broad SMARTS) is 1. The van der Waals surface area contributed by atoms with E-state index in [9.17, 15) is 4.79 Å². The van der Waals surface area contributed by atoms with Gasteiger partial charge in [-0.3, -0.25) is 0 Å². The number of carboxylic acids is 1. The van der Waals surface area contributed by atoms with Gasteiger partial charge in [-0.25, -0.2) is 4.79 Å². The van der Waals surface area contributed by atoms with Gasteiger partial charge in [-0.2, -0.15) is 0 Å². The van der Waals surface area contributed by atoms with Gasteiger partial charge in [0.25, 0.3) is 0 Å². The Balaban J connectivity index is 2.30. The number of aliphatic carboxylic acids is 1. The van der Waals surface area contributed by atoms with Crippen molar-refractivity contribution in [2.75, 3.05) is 6.54 Å². The third-order valence-corrected chi connectivity index (χ3v) is 3.55. The molecule has 3 heteroatoms. The highest BCUT2D eigenvalue weighted by atomic mass is 16.4. The molecular weight excluding hydrogens is 202 g/mol. The van der Waals surface area contributed by atoms with Crippen molar-refractivity contribution < 1.29 is 9.90 Å². The van der Waals surface area contributed by atoms with E-state index in [1.54, 1.807) is 6.08 Å². The van der Waals surface area contributed by atoms with Crippen molar-refractivity contribution in [3.05, 3.63) is 11.6 Å². The number of nitrogens with one attached hydrogen (secondary N) is 1. The van der Waals surface area contributed by atoms with Gasteiger partial charge >= 0.3 is 5.97 Å². The maximum absolute atomic E-state index is 10.8. The molecule has 1 atom stereocenters. The lowest BCUT2D eigenvalue weighted by atomic mass is 10.00. The Morgan fingerprint density at radius 3 is 2.62 bits per heavy atom. The Kier molecular flexibility index (Phi) is 5.53. The highest BCUT2D eigenvalue weighted by Gasteiger charge is 2.20. The van der Waals surface area contributed by atoms with Gasteiger partial charge in [0, 0.05) is 18.2 Å². The summed E-state index contributed by atoms with van der Waals surface area (Å²) in [5, 5.41) is 12.3. The van der Waals surface area contributed by atoms with Crippen LogP contribution in [0.4, 0.5) is 0 Å². The predicted molar refractivity (Wildman–Crippen MR) is 65.4 cm³/mol. The molecule has 0 aromatic rings. The van der Waals surface area contributed by atoms with Gasteiger partial charge in [-0.15, -0.1) is 0 Å². The smallest absolute Gasteiger partial charge is 0.331 e. The third kappa shape index (κ3) is 3.97. The molecule has 1 saturated carbocycles. The van der Waals surface area contributed by atoms with Gasteiger partial charge in [0.05, 0.1) is 0 Å². The van der Waals surface area contributed by atoms with Crippen LogP contribution in [0.25, 0.3) is 0 Å². The fourth-order valence-electron chi connectivity index (χ4n) is 2.37. The molecule has 1 rings (SSSR count). The van der Waals surface area contributed by atoms with E-state index in [-0.39, 0.29) is 0 Å². The van der Waals surface area contributed by atoms with Crippen LogP contribution in [0.2, 0.25) is 0 Å². The highest BCUT2D eigenvalue weighted by molar-refractivity contribution is 5.86. The SMILES string of the molecule is CCC(=CCNC(C)C1CCCC1)C(=O)O. The zero-order chi connectivity index (χ0) is 12.0. The molecule has 0 heterocycles. The maximum Gasteiger partial charge on any atom is 0.331 e. The van der Waals surface area contributed by atoms with Crippen LogP contribution in [0.1, 0.15) is 46.0 Å². The minimum Gasteiger partial charge on any atom is -0.478 e. The molecule has 1 fully saturated rings. The van der Waals surface area contributed by atoms with Crippen molar-refractivity contribution >= 4 is 5.97 Å². The summed E-state index contributed by atoms with van der Waals surface area (Å²) in [7, 11) is 0. The molecule has 92 valence electrons. The fraction of sp³-hybridized carbons (Fsp3) is 0.769. The molecule has 1 aliphatic carbocycles. The predicted octanol–water partition coefficient (Wildman–Crippen LogP) is 2.58.